The van der Waals surface area contributed by atoms with E-state index < -0.39 is 6.03 Å². The molecule has 1 heterocycles. The Morgan fingerprint density at radius 1 is 1.13 bits per heavy atom. The van der Waals surface area contributed by atoms with E-state index in [0.29, 0.717) is 17.6 Å². The Labute approximate surface area is 133 Å². The number of nitrogens with one attached hydrogen (secondary N) is 1. The number of primary amides is 1. The standard InChI is InChI=1S/C18H19N3O2/c1-2-3-10-21-16-9-8-12(20-18(19)23)11-15(16)13-6-4-5-7-14(13)17(21)22/h4-9,11H,2-3,10H2,1H3,(H3,19,20,23). The van der Waals surface area contributed by atoms with E-state index in [1.165, 1.54) is 0 Å². The number of carbonyl (C=O) groups is 1. The first-order chi connectivity index (χ1) is 11.1. The van der Waals surface area contributed by atoms with Gasteiger partial charge in [-0.25, -0.2) is 4.79 Å². The Morgan fingerprint density at radius 2 is 1.87 bits per heavy atom. The number of carbonyl (C=O) groups excluding carboxylic acids is 1. The molecule has 1 aromatic heterocycles. The number of rotatable bonds is 4. The van der Waals surface area contributed by atoms with Crippen LogP contribution in [0.4, 0.5) is 10.5 Å². The number of pyridine rings is 1. The van der Waals surface area contributed by atoms with Crippen molar-refractivity contribution in [3.8, 4) is 0 Å². The van der Waals surface area contributed by atoms with Gasteiger partial charge in [-0.15, -0.1) is 0 Å². The number of fused-ring (bicyclic) bond motifs is 3. The highest BCUT2D eigenvalue weighted by atomic mass is 16.2. The molecule has 0 saturated heterocycles. The van der Waals surface area contributed by atoms with E-state index in [0.717, 1.165) is 29.1 Å². The quantitative estimate of drug-likeness (QED) is 0.724. The lowest BCUT2D eigenvalue weighted by molar-refractivity contribution is 0.259. The maximum Gasteiger partial charge on any atom is 0.316 e. The van der Waals surface area contributed by atoms with Gasteiger partial charge in [0.2, 0.25) is 0 Å². The summed E-state index contributed by atoms with van der Waals surface area (Å²) < 4.78 is 1.81. The van der Waals surface area contributed by atoms with Gasteiger partial charge in [-0.2, -0.15) is 0 Å². The van der Waals surface area contributed by atoms with Crippen LogP contribution in [0.15, 0.2) is 47.3 Å². The van der Waals surface area contributed by atoms with Gasteiger partial charge in [0.15, 0.2) is 0 Å². The topological polar surface area (TPSA) is 77.1 Å². The zero-order chi connectivity index (χ0) is 16.4. The van der Waals surface area contributed by atoms with Crippen molar-refractivity contribution in [3.05, 3.63) is 52.8 Å². The number of nitrogens with zero attached hydrogens (tertiary/aromatic N) is 1. The van der Waals surface area contributed by atoms with Gasteiger partial charge in [0.05, 0.1) is 5.52 Å². The summed E-state index contributed by atoms with van der Waals surface area (Å²) >= 11 is 0. The third-order valence-corrected chi connectivity index (χ3v) is 3.98. The van der Waals surface area contributed by atoms with E-state index in [-0.39, 0.29) is 5.56 Å². The third kappa shape index (κ3) is 2.77. The van der Waals surface area contributed by atoms with E-state index in [4.69, 9.17) is 5.73 Å². The zero-order valence-corrected chi connectivity index (χ0v) is 13.0. The lowest BCUT2D eigenvalue weighted by Gasteiger charge is -2.14. The minimum atomic E-state index is -0.604. The van der Waals surface area contributed by atoms with E-state index in [1.807, 2.05) is 41.0 Å². The normalized spacial score (nSPS) is 11.0. The van der Waals surface area contributed by atoms with Gasteiger partial charge in [-0.1, -0.05) is 31.5 Å². The molecule has 0 spiro atoms. The first-order valence-corrected chi connectivity index (χ1v) is 7.73. The zero-order valence-electron chi connectivity index (χ0n) is 13.0. The maximum atomic E-state index is 12.8. The van der Waals surface area contributed by atoms with Crippen LogP contribution in [0.3, 0.4) is 0 Å². The molecule has 0 bridgehead atoms. The summed E-state index contributed by atoms with van der Waals surface area (Å²) in [5.41, 5.74) is 6.71. The molecule has 2 amide bonds. The van der Waals surface area contributed by atoms with Gasteiger partial charge in [0.1, 0.15) is 0 Å². The molecule has 0 fully saturated rings. The molecule has 0 aliphatic carbocycles. The van der Waals surface area contributed by atoms with Gasteiger partial charge >= 0.3 is 6.03 Å². The van der Waals surface area contributed by atoms with Crippen LogP contribution >= 0.6 is 0 Å². The number of amides is 2. The van der Waals surface area contributed by atoms with Gasteiger partial charge < -0.3 is 15.6 Å². The Kier molecular flexibility index (Phi) is 4.02. The van der Waals surface area contributed by atoms with E-state index in [1.54, 1.807) is 6.07 Å². The highest BCUT2D eigenvalue weighted by Gasteiger charge is 2.11. The van der Waals surface area contributed by atoms with Crippen molar-refractivity contribution in [2.45, 2.75) is 26.3 Å². The first-order valence-electron chi connectivity index (χ1n) is 7.73. The Hall–Kier alpha value is -2.82. The molecule has 2 aromatic carbocycles. The average molecular weight is 309 g/mol. The molecule has 23 heavy (non-hydrogen) atoms. The minimum absolute atomic E-state index is 0.0251. The minimum Gasteiger partial charge on any atom is -0.351 e. The molecule has 118 valence electrons. The average Bonchev–Trinajstić information content (AvgIpc) is 2.54. The number of anilines is 1. The van der Waals surface area contributed by atoms with Gasteiger partial charge in [0, 0.05) is 23.0 Å². The van der Waals surface area contributed by atoms with Crippen molar-refractivity contribution in [2.75, 3.05) is 5.32 Å². The van der Waals surface area contributed by atoms with Crippen molar-refractivity contribution in [3.63, 3.8) is 0 Å². The number of nitrogens with two attached hydrogens (primary N) is 1. The summed E-state index contributed by atoms with van der Waals surface area (Å²) in [5.74, 6) is 0. The Balaban J connectivity index is 2.34. The predicted octanol–water partition coefficient (Wildman–Crippen LogP) is 3.45. The molecule has 3 N–H and O–H groups in total. The summed E-state index contributed by atoms with van der Waals surface area (Å²) in [5, 5.41) is 5.09. The number of benzene rings is 2. The number of aryl methyl sites for hydroxylation is 1. The van der Waals surface area contributed by atoms with Crippen molar-refractivity contribution in [1.29, 1.82) is 0 Å². The third-order valence-electron chi connectivity index (χ3n) is 3.98. The lowest BCUT2D eigenvalue weighted by Crippen LogP contribution is -2.22. The van der Waals surface area contributed by atoms with E-state index >= 15 is 0 Å². The summed E-state index contributed by atoms with van der Waals surface area (Å²) in [6.07, 6.45) is 1.96. The second-order valence-corrected chi connectivity index (χ2v) is 5.58. The van der Waals surface area contributed by atoms with Crippen LogP contribution in [0.5, 0.6) is 0 Å². The fraction of sp³-hybridized carbons (Fsp3) is 0.222. The molecule has 5 nitrogen and oxygen atoms in total. The fourth-order valence-electron chi connectivity index (χ4n) is 2.90. The number of hydrogen-bond donors (Lipinski definition) is 2. The van der Waals surface area contributed by atoms with Crippen LogP contribution < -0.4 is 16.6 Å². The second-order valence-electron chi connectivity index (χ2n) is 5.58. The van der Waals surface area contributed by atoms with Crippen LogP contribution in [-0.2, 0) is 6.54 Å². The SMILES string of the molecule is CCCCn1c(=O)c2ccccc2c2cc(NC(N)=O)ccc21. The van der Waals surface area contributed by atoms with Gasteiger partial charge in [-0.3, -0.25) is 4.79 Å². The monoisotopic (exact) mass is 309 g/mol. The lowest BCUT2D eigenvalue weighted by atomic mass is 10.0. The summed E-state index contributed by atoms with van der Waals surface area (Å²) in [4.78, 5) is 23.9. The van der Waals surface area contributed by atoms with Crippen LogP contribution in [0.2, 0.25) is 0 Å². The van der Waals surface area contributed by atoms with Crippen molar-refractivity contribution < 1.29 is 4.79 Å². The highest BCUT2D eigenvalue weighted by Crippen LogP contribution is 2.26. The molecule has 0 aliphatic heterocycles. The largest absolute Gasteiger partial charge is 0.351 e. The molecule has 0 aliphatic rings. The Bertz CT molecular complexity index is 944. The molecule has 0 saturated carbocycles. The molecule has 0 atom stereocenters. The highest BCUT2D eigenvalue weighted by molar-refractivity contribution is 6.07. The van der Waals surface area contributed by atoms with Crippen LogP contribution in [-0.4, -0.2) is 10.6 Å². The summed E-state index contributed by atoms with van der Waals surface area (Å²) in [6.45, 7) is 2.78. The van der Waals surface area contributed by atoms with Gasteiger partial charge in [0.25, 0.3) is 5.56 Å². The van der Waals surface area contributed by atoms with Crippen LogP contribution in [0.1, 0.15) is 19.8 Å². The van der Waals surface area contributed by atoms with Crippen molar-refractivity contribution in [1.82, 2.24) is 4.57 Å². The first kappa shape index (κ1) is 15.1. The number of unbranched alkanes of at least 4 members (excludes halogenated alkanes) is 1. The predicted molar refractivity (Wildman–Crippen MR) is 93.8 cm³/mol. The van der Waals surface area contributed by atoms with Crippen LogP contribution in [0.25, 0.3) is 21.7 Å². The van der Waals surface area contributed by atoms with E-state index in [9.17, 15) is 9.59 Å². The molecule has 5 heteroatoms. The maximum absolute atomic E-state index is 12.8. The molecule has 0 unspecified atom stereocenters. The molecule has 0 radical (unpaired) electrons. The number of hydrogen-bond acceptors (Lipinski definition) is 2. The number of urea groups is 1. The molecule has 3 aromatic rings. The summed E-state index contributed by atoms with van der Waals surface area (Å²) in [7, 11) is 0. The van der Waals surface area contributed by atoms with Crippen molar-refractivity contribution >= 4 is 33.4 Å². The van der Waals surface area contributed by atoms with Crippen molar-refractivity contribution in [2.24, 2.45) is 5.73 Å². The van der Waals surface area contributed by atoms with Crippen LogP contribution in [0, 0.1) is 0 Å². The molecular formula is C18H19N3O2. The molecular weight excluding hydrogens is 290 g/mol. The van der Waals surface area contributed by atoms with E-state index in [2.05, 4.69) is 12.2 Å². The summed E-state index contributed by atoms with van der Waals surface area (Å²) in [6, 6.07) is 12.4. The smallest absolute Gasteiger partial charge is 0.316 e. The Morgan fingerprint density at radius 3 is 2.57 bits per heavy atom. The number of aromatic nitrogens is 1. The fourth-order valence-corrected chi connectivity index (χ4v) is 2.90. The molecule has 3 rings (SSSR count). The second kappa shape index (κ2) is 6.12. The van der Waals surface area contributed by atoms with Gasteiger partial charge in [-0.05, 0) is 36.1 Å².